The Morgan fingerprint density at radius 1 is 1.45 bits per heavy atom. The van der Waals surface area contributed by atoms with E-state index in [1.165, 1.54) is 7.11 Å². The topological polar surface area (TPSA) is 129 Å². The average Bonchev–Trinajstić information content (AvgIpc) is 2.45. The van der Waals surface area contributed by atoms with Crippen LogP contribution in [0, 0.1) is 0 Å². The number of aliphatic hydroxyl groups excluding tert-OH is 1. The summed E-state index contributed by atoms with van der Waals surface area (Å²) in [4.78, 5) is 36.2. The molecule has 9 heteroatoms. The van der Waals surface area contributed by atoms with Crippen molar-refractivity contribution >= 4 is 11.9 Å². The summed E-state index contributed by atoms with van der Waals surface area (Å²) >= 11 is 0. The number of pyridine rings is 1. The number of carboxylic acids is 1. The van der Waals surface area contributed by atoms with Gasteiger partial charge in [0.25, 0.3) is 5.91 Å². The molecule has 9 nitrogen and oxygen atoms in total. The largest absolute Gasteiger partial charge is 0.503 e. The lowest BCUT2D eigenvalue weighted by Crippen LogP contribution is -2.49. The highest BCUT2D eigenvalue weighted by atomic mass is 16.5. The zero-order valence-electron chi connectivity index (χ0n) is 11.9. The molecule has 3 N–H and O–H groups in total. The number of aromatic carboxylic acids is 1. The third-order valence-electron chi connectivity index (χ3n) is 3.42. The van der Waals surface area contributed by atoms with Gasteiger partial charge in [0.05, 0.1) is 6.54 Å². The number of nitrogens with zero attached hydrogens (tertiary/aromatic N) is 2. The molecule has 0 spiro atoms. The smallest absolute Gasteiger partial charge is 0.341 e. The van der Waals surface area contributed by atoms with Crippen molar-refractivity contribution in [2.24, 2.45) is 0 Å². The molecule has 0 fully saturated rings. The maximum Gasteiger partial charge on any atom is 0.341 e. The second-order valence-corrected chi connectivity index (χ2v) is 4.85. The zero-order chi connectivity index (χ0) is 16.4. The summed E-state index contributed by atoms with van der Waals surface area (Å²) in [7, 11) is 1.50. The standard InChI is InChI=1S/C13H16N2O7/c1-22-4-2-3-15-8(16)6-14-5-7(13(20)21)10(17)11(18)9(14)12(15)19/h5,8,16,18H,2-4,6H2,1H3,(H,20,21). The molecule has 0 radical (unpaired) electrons. The molecule has 0 saturated heterocycles. The van der Waals surface area contributed by atoms with Crippen molar-refractivity contribution in [1.29, 1.82) is 0 Å². The minimum Gasteiger partial charge on any atom is -0.503 e. The first-order chi connectivity index (χ1) is 10.4. The molecule has 1 aromatic heterocycles. The number of hydrogen-bond acceptors (Lipinski definition) is 6. The van der Waals surface area contributed by atoms with Gasteiger partial charge < -0.3 is 29.5 Å². The van der Waals surface area contributed by atoms with Gasteiger partial charge in [-0.1, -0.05) is 0 Å². The van der Waals surface area contributed by atoms with Gasteiger partial charge in [0.2, 0.25) is 5.43 Å². The van der Waals surface area contributed by atoms with Gasteiger partial charge in [0, 0.05) is 26.5 Å². The second-order valence-electron chi connectivity index (χ2n) is 4.85. The third kappa shape index (κ3) is 2.68. The molecule has 1 aliphatic heterocycles. The Labute approximate surface area is 125 Å². The Kier molecular flexibility index (Phi) is 4.48. The monoisotopic (exact) mass is 312 g/mol. The van der Waals surface area contributed by atoms with Crippen LogP contribution >= 0.6 is 0 Å². The average molecular weight is 312 g/mol. The maximum atomic E-state index is 12.3. The van der Waals surface area contributed by atoms with Crippen LogP contribution in [-0.4, -0.2) is 63.2 Å². The fourth-order valence-electron chi connectivity index (χ4n) is 2.35. The normalized spacial score (nSPS) is 17.5. The quantitative estimate of drug-likeness (QED) is 0.598. The lowest BCUT2D eigenvalue weighted by molar-refractivity contribution is -0.0149. The molecule has 1 atom stereocenters. The fraction of sp³-hybridized carbons (Fsp3) is 0.462. The van der Waals surface area contributed by atoms with E-state index in [0.717, 1.165) is 15.7 Å². The highest BCUT2D eigenvalue weighted by Gasteiger charge is 2.35. The van der Waals surface area contributed by atoms with E-state index in [1.807, 2.05) is 0 Å². The van der Waals surface area contributed by atoms with E-state index in [4.69, 9.17) is 9.84 Å². The number of fused-ring (bicyclic) bond motifs is 1. The van der Waals surface area contributed by atoms with Crippen LogP contribution in [0.15, 0.2) is 11.0 Å². The second kappa shape index (κ2) is 6.16. The summed E-state index contributed by atoms with van der Waals surface area (Å²) < 4.78 is 5.95. The fourth-order valence-corrected chi connectivity index (χ4v) is 2.35. The number of carbonyl (C=O) groups is 2. The van der Waals surface area contributed by atoms with Crippen LogP contribution in [0.25, 0.3) is 0 Å². The number of hydrogen-bond donors (Lipinski definition) is 3. The number of methoxy groups -OCH3 is 1. The van der Waals surface area contributed by atoms with Gasteiger partial charge in [-0.05, 0) is 6.42 Å². The molecule has 1 aromatic rings. The van der Waals surface area contributed by atoms with Crippen LogP contribution in [-0.2, 0) is 11.3 Å². The van der Waals surface area contributed by atoms with Gasteiger partial charge in [0.1, 0.15) is 11.8 Å². The van der Waals surface area contributed by atoms with E-state index in [2.05, 4.69) is 0 Å². The molecule has 2 rings (SSSR count). The van der Waals surface area contributed by atoms with E-state index in [1.54, 1.807) is 0 Å². The maximum absolute atomic E-state index is 12.3. The highest BCUT2D eigenvalue weighted by molar-refractivity contribution is 5.97. The van der Waals surface area contributed by atoms with Gasteiger partial charge >= 0.3 is 5.97 Å². The summed E-state index contributed by atoms with van der Waals surface area (Å²) in [5, 5.41) is 28.8. The van der Waals surface area contributed by atoms with E-state index < -0.39 is 34.8 Å². The Hall–Kier alpha value is -2.39. The molecular weight excluding hydrogens is 296 g/mol. The lowest BCUT2D eigenvalue weighted by atomic mass is 10.1. The van der Waals surface area contributed by atoms with Gasteiger partial charge in [-0.2, -0.15) is 0 Å². The van der Waals surface area contributed by atoms with Crippen LogP contribution in [0.3, 0.4) is 0 Å². The molecule has 1 amide bonds. The molecule has 0 saturated carbocycles. The molecule has 120 valence electrons. The van der Waals surface area contributed by atoms with Crippen LogP contribution in [0.2, 0.25) is 0 Å². The first kappa shape index (κ1) is 16.0. The first-order valence-corrected chi connectivity index (χ1v) is 6.56. The predicted octanol–water partition coefficient (Wildman–Crippen LogP) is -0.937. The molecule has 0 bridgehead atoms. The predicted molar refractivity (Wildman–Crippen MR) is 72.9 cm³/mol. The molecule has 22 heavy (non-hydrogen) atoms. The van der Waals surface area contributed by atoms with E-state index in [9.17, 15) is 24.6 Å². The van der Waals surface area contributed by atoms with Crippen LogP contribution in [0.5, 0.6) is 5.75 Å². The summed E-state index contributed by atoms with van der Waals surface area (Å²) in [5.41, 5.74) is -2.10. The lowest BCUT2D eigenvalue weighted by Gasteiger charge is -2.34. The SMILES string of the molecule is COCCCN1C(=O)c2c(O)c(=O)c(C(=O)O)cn2CC1O. The number of amides is 1. The third-order valence-corrected chi connectivity index (χ3v) is 3.42. The van der Waals surface area contributed by atoms with Crippen LogP contribution in [0.4, 0.5) is 0 Å². The minimum atomic E-state index is -1.51. The van der Waals surface area contributed by atoms with E-state index in [-0.39, 0.29) is 18.8 Å². The van der Waals surface area contributed by atoms with Gasteiger partial charge in [0.15, 0.2) is 11.4 Å². The number of ether oxygens (including phenoxy) is 1. The van der Waals surface area contributed by atoms with E-state index >= 15 is 0 Å². The van der Waals surface area contributed by atoms with E-state index in [0.29, 0.717) is 13.0 Å². The summed E-state index contributed by atoms with van der Waals surface area (Å²) in [6, 6.07) is 0. The van der Waals surface area contributed by atoms with Gasteiger partial charge in [-0.15, -0.1) is 0 Å². The van der Waals surface area contributed by atoms with Gasteiger partial charge in [-0.25, -0.2) is 4.79 Å². The van der Waals surface area contributed by atoms with Crippen molar-refractivity contribution in [2.45, 2.75) is 19.2 Å². The first-order valence-electron chi connectivity index (χ1n) is 6.56. The van der Waals surface area contributed by atoms with Crippen molar-refractivity contribution in [2.75, 3.05) is 20.3 Å². The van der Waals surface area contributed by atoms with Gasteiger partial charge in [-0.3, -0.25) is 9.59 Å². The molecule has 0 aliphatic carbocycles. The summed E-state index contributed by atoms with van der Waals surface area (Å²) in [6.07, 6.45) is 0.241. The number of carbonyl (C=O) groups excluding carboxylic acids is 1. The van der Waals surface area contributed by atoms with Crippen molar-refractivity contribution in [3.05, 3.63) is 27.7 Å². The van der Waals surface area contributed by atoms with Crippen LogP contribution < -0.4 is 5.43 Å². The molecule has 1 aliphatic rings. The number of aliphatic hydroxyl groups is 1. The molecule has 2 heterocycles. The summed E-state index contributed by atoms with van der Waals surface area (Å²) in [6.45, 7) is 0.428. The van der Waals surface area contributed by atoms with Crippen molar-refractivity contribution < 1.29 is 29.6 Å². The van der Waals surface area contributed by atoms with Crippen molar-refractivity contribution in [1.82, 2.24) is 9.47 Å². The number of rotatable bonds is 5. The molecule has 1 unspecified atom stereocenters. The number of aromatic nitrogens is 1. The van der Waals surface area contributed by atoms with Crippen LogP contribution in [0.1, 0.15) is 27.3 Å². The Bertz CT molecular complexity index is 667. The Morgan fingerprint density at radius 2 is 2.14 bits per heavy atom. The van der Waals surface area contributed by atoms with Crippen molar-refractivity contribution in [3.8, 4) is 5.75 Å². The molecule has 0 aromatic carbocycles. The zero-order valence-corrected chi connectivity index (χ0v) is 11.9. The Morgan fingerprint density at radius 3 is 2.73 bits per heavy atom. The number of aromatic hydroxyl groups is 1. The number of carboxylic acid groups (broad SMARTS) is 1. The van der Waals surface area contributed by atoms with Crippen molar-refractivity contribution in [3.63, 3.8) is 0 Å². The summed E-state index contributed by atoms with van der Waals surface area (Å²) in [5.74, 6) is -3.17. The Balaban J connectivity index is 2.43. The minimum absolute atomic E-state index is 0.137. The molecular formula is C13H16N2O7. The highest BCUT2D eigenvalue weighted by Crippen LogP contribution is 2.22.